The summed E-state index contributed by atoms with van der Waals surface area (Å²) in [5, 5.41) is 20.2. The van der Waals surface area contributed by atoms with Crippen LogP contribution in [0.2, 0.25) is 0 Å². The highest BCUT2D eigenvalue weighted by Gasteiger charge is 2.38. The predicted molar refractivity (Wildman–Crippen MR) is 305 cm³/mol. The van der Waals surface area contributed by atoms with E-state index >= 15 is 0 Å². The smallest absolute Gasteiger partial charge is 0.261 e. The lowest BCUT2D eigenvalue weighted by Crippen LogP contribution is -2.50. The van der Waals surface area contributed by atoms with Crippen LogP contribution in [0.5, 0.6) is 23.0 Å². The highest BCUT2D eigenvalue weighted by Crippen LogP contribution is 2.46. The molecule has 0 radical (unpaired) electrons. The fourth-order valence-electron chi connectivity index (χ4n) is 9.86. The Balaban J connectivity index is 0.903. The Bertz CT molecular complexity index is 3190. The molecule has 0 bridgehead atoms. The van der Waals surface area contributed by atoms with E-state index in [4.69, 9.17) is 34.7 Å². The van der Waals surface area contributed by atoms with Crippen LogP contribution in [0.25, 0.3) is 0 Å². The molecule has 0 fully saturated rings. The number of fused-ring (bicyclic) bond motifs is 8. The lowest BCUT2D eigenvalue weighted by atomic mass is 10.1. The molecule has 78 heavy (non-hydrogen) atoms. The van der Waals surface area contributed by atoms with Crippen molar-refractivity contribution in [2.45, 2.75) is 115 Å². The number of carbonyl (C=O) groups is 5. The molecule has 9 rings (SSSR count). The molecule has 4 aliphatic heterocycles. The lowest BCUT2D eigenvalue weighted by Gasteiger charge is -2.29. The summed E-state index contributed by atoms with van der Waals surface area (Å²) in [7, 11) is 6.29. The van der Waals surface area contributed by atoms with Crippen LogP contribution in [-0.2, 0) is 45.2 Å². The number of aliphatic hydroxyl groups excluding tert-OH is 1. The van der Waals surface area contributed by atoms with Crippen LogP contribution in [0.4, 0.5) is 28.4 Å². The van der Waals surface area contributed by atoms with Crippen LogP contribution in [0, 0.1) is 0 Å². The first-order chi connectivity index (χ1) is 37.5. The van der Waals surface area contributed by atoms with Crippen molar-refractivity contribution >= 4 is 92.0 Å². The Morgan fingerprint density at radius 3 is 2.05 bits per heavy atom. The summed E-state index contributed by atoms with van der Waals surface area (Å²) in [5.41, 5.74) is 12.8. The Labute approximate surface area is 461 Å². The van der Waals surface area contributed by atoms with Gasteiger partial charge in [-0.05, 0) is 105 Å². The highest BCUT2D eigenvalue weighted by molar-refractivity contribution is 8.77. The summed E-state index contributed by atoms with van der Waals surface area (Å²) < 4.78 is 24.3. The number of para-hydroxylation sites is 2. The first kappa shape index (κ1) is 55.2. The van der Waals surface area contributed by atoms with E-state index in [1.165, 1.54) is 14.2 Å². The topological polar surface area (TPSA) is 236 Å². The predicted octanol–water partition coefficient (Wildman–Crippen LogP) is 8.44. The summed E-state index contributed by atoms with van der Waals surface area (Å²) in [6, 6.07) is 25.6. The third-order valence-corrected chi connectivity index (χ3v) is 17.4. The molecule has 18 nitrogen and oxygen atoms in total. The zero-order valence-corrected chi connectivity index (χ0v) is 46.0. The van der Waals surface area contributed by atoms with E-state index in [0.29, 0.717) is 94.4 Å². The van der Waals surface area contributed by atoms with Gasteiger partial charge in [-0.15, -0.1) is 0 Å². The maximum absolute atomic E-state index is 14.1. The van der Waals surface area contributed by atoms with E-state index in [9.17, 15) is 29.1 Å². The van der Waals surface area contributed by atoms with Gasteiger partial charge in [-0.2, -0.15) is 0 Å². The molecule has 4 heterocycles. The molecule has 0 aliphatic carbocycles. The summed E-state index contributed by atoms with van der Waals surface area (Å²) >= 11 is 0. The standard InChI is InChI=1S/C58H64N8O10S2/c1-33(62-53(68)17-18-58(3,4)78-77-19-11-16-52(59)67)54(69)63-34(2)55(70)64-39-21-35(31-75-50-27-44-42(25-48(50)73-5)56(71)65-40(29-60-44)23-37-12-7-9-14-46(37)65)20-36(22-39)32-76-51-28-45-43(26-49(51)74-6)57(72)66-41(30-61-45)24-38-13-8-10-15-47(38)66/h7-10,12-15,20-22,25-30,33-34,40-41,56,71H,11,16-19,23-24,31-32H2,1-6H3,(H2,59,67)(H,62,68)(H,63,69)(H,64,70)/t33-,34+,40-,41-,56?/m0/s1. The summed E-state index contributed by atoms with van der Waals surface area (Å²) in [4.78, 5) is 78.6. The number of hydrogen-bond acceptors (Lipinski definition) is 15. The normalized spacial score (nSPS) is 17.4. The van der Waals surface area contributed by atoms with Crippen molar-refractivity contribution < 1.29 is 48.0 Å². The van der Waals surface area contributed by atoms with Crippen molar-refractivity contribution in [3.8, 4) is 23.0 Å². The zero-order chi connectivity index (χ0) is 55.3. The number of nitrogens with one attached hydrogen (secondary N) is 3. The Morgan fingerprint density at radius 1 is 0.756 bits per heavy atom. The van der Waals surface area contributed by atoms with Gasteiger partial charge in [0, 0.05) is 83.4 Å². The fourth-order valence-corrected chi connectivity index (χ4v) is 12.5. The van der Waals surface area contributed by atoms with Gasteiger partial charge in [0.25, 0.3) is 5.91 Å². The van der Waals surface area contributed by atoms with Crippen LogP contribution in [-0.4, -0.2) is 96.0 Å². The van der Waals surface area contributed by atoms with Gasteiger partial charge in [-0.1, -0.05) is 58.0 Å². The molecular formula is C58H64N8O10S2. The van der Waals surface area contributed by atoms with Crippen molar-refractivity contribution in [2.24, 2.45) is 15.7 Å². The Hall–Kier alpha value is -7.55. The highest BCUT2D eigenvalue weighted by atomic mass is 33.1. The van der Waals surface area contributed by atoms with Crippen LogP contribution in [0.3, 0.4) is 0 Å². The van der Waals surface area contributed by atoms with Gasteiger partial charge < -0.3 is 50.6 Å². The maximum atomic E-state index is 14.1. The molecule has 5 aromatic carbocycles. The molecule has 20 heteroatoms. The number of ether oxygens (including phenoxy) is 4. The molecule has 5 atom stereocenters. The fraction of sp³-hybridized carbons (Fsp3) is 0.362. The van der Waals surface area contributed by atoms with Gasteiger partial charge in [0.2, 0.25) is 23.6 Å². The number of hydrogen-bond donors (Lipinski definition) is 5. The number of nitrogens with two attached hydrogens (primary N) is 1. The molecule has 5 aromatic rings. The lowest BCUT2D eigenvalue weighted by molar-refractivity contribution is -0.130. The van der Waals surface area contributed by atoms with Crippen LogP contribution in [0.15, 0.2) is 101 Å². The maximum Gasteiger partial charge on any atom is 0.261 e. The average Bonchev–Trinajstić information content (AvgIpc) is 3.97. The minimum absolute atomic E-state index is 0.00476. The molecule has 408 valence electrons. The molecule has 0 spiro atoms. The van der Waals surface area contributed by atoms with E-state index in [1.807, 2.05) is 73.5 Å². The number of aliphatic hydroxyl groups is 1. The number of amides is 5. The first-order valence-corrected chi connectivity index (χ1v) is 28.2. The van der Waals surface area contributed by atoms with E-state index in [2.05, 4.69) is 22.0 Å². The largest absolute Gasteiger partial charge is 0.493 e. The van der Waals surface area contributed by atoms with Crippen molar-refractivity contribution in [3.63, 3.8) is 0 Å². The number of methoxy groups -OCH3 is 2. The third kappa shape index (κ3) is 12.6. The van der Waals surface area contributed by atoms with Gasteiger partial charge in [0.15, 0.2) is 29.2 Å². The van der Waals surface area contributed by atoms with Gasteiger partial charge in [0.05, 0.1) is 43.2 Å². The Morgan fingerprint density at radius 2 is 1.36 bits per heavy atom. The van der Waals surface area contributed by atoms with Gasteiger partial charge in [-0.3, -0.25) is 38.9 Å². The summed E-state index contributed by atoms with van der Waals surface area (Å²) in [6.07, 6.45) is 5.74. The molecule has 5 amide bonds. The average molecular weight is 1100 g/mol. The minimum Gasteiger partial charge on any atom is -0.493 e. The quantitative estimate of drug-likeness (QED) is 0.0324. The van der Waals surface area contributed by atoms with Crippen molar-refractivity contribution in [2.75, 3.05) is 35.1 Å². The molecule has 4 aliphatic rings. The monoisotopic (exact) mass is 1100 g/mol. The molecular weight excluding hydrogens is 1030 g/mol. The number of anilines is 3. The van der Waals surface area contributed by atoms with Gasteiger partial charge in [0.1, 0.15) is 25.3 Å². The number of benzene rings is 5. The molecule has 6 N–H and O–H groups in total. The second-order valence-electron chi connectivity index (χ2n) is 20.3. The van der Waals surface area contributed by atoms with Crippen molar-refractivity contribution in [1.82, 2.24) is 10.6 Å². The van der Waals surface area contributed by atoms with E-state index < -0.39 is 30.1 Å². The van der Waals surface area contributed by atoms with Crippen LogP contribution < -0.4 is 50.4 Å². The van der Waals surface area contributed by atoms with E-state index in [0.717, 1.165) is 28.3 Å². The second kappa shape index (κ2) is 24.0. The molecule has 0 saturated heterocycles. The Kier molecular flexibility index (Phi) is 17.0. The van der Waals surface area contributed by atoms with Gasteiger partial charge in [-0.25, -0.2) is 0 Å². The van der Waals surface area contributed by atoms with Crippen molar-refractivity contribution in [3.05, 3.63) is 124 Å². The van der Waals surface area contributed by atoms with Crippen LogP contribution >= 0.6 is 21.6 Å². The number of carbonyl (C=O) groups excluding carboxylic acids is 5. The molecule has 0 aromatic heterocycles. The number of rotatable bonds is 22. The summed E-state index contributed by atoms with van der Waals surface area (Å²) in [5.74, 6) is 0.287. The number of nitrogens with zero attached hydrogens (tertiary/aromatic N) is 4. The van der Waals surface area contributed by atoms with E-state index in [1.54, 1.807) is 82.9 Å². The van der Waals surface area contributed by atoms with Crippen molar-refractivity contribution in [1.29, 1.82) is 0 Å². The second-order valence-corrected chi connectivity index (χ2v) is 23.4. The SMILES string of the molecule is COc1cc2c(cc1OCc1cc(COc3cc4c(cc3OC)C(O)N3c5ccccc5C[C@H]3C=N4)cc(NC(=O)[C@@H](C)NC(=O)[C@H](C)NC(=O)CCC(C)(C)SSCCCC(N)=O)c1)N=C[C@@H]1Cc3ccccc3N1C2=O. The zero-order valence-electron chi connectivity index (χ0n) is 44.4. The molecule has 0 saturated carbocycles. The number of primary amides is 1. The number of aliphatic imine (C=N–C) groups is 2. The molecule has 1 unspecified atom stereocenters. The first-order valence-electron chi connectivity index (χ1n) is 25.8. The van der Waals surface area contributed by atoms with Gasteiger partial charge >= 0.3 is 0 Å². The third-order valence-electron chi connectivity index (χ3n) is 13.9. The minimum atomic E-state index is -1.01. The van der Waals surface area contributed by atoms with Crippen LogP contribution in [0.1, 0.15) is 97.8 Å². The summed E-state index contributed by atoms with van der Waals surface area (Å²) in [6.45, 7) is 7.15. The van der Waals surface area contributed by atoms with E-state index in [-0.39, 0.29) is 54.2 Å².